The van der Waals surface area contributed by atoms with Crippen LogP contribution in [0.25, 0.3) is 0 Å². The maximum absolute atomic E-state index is 10.4. The van der Waals surface area contributed by atoms with Crippen LogP contribution >= 0.6 is 22.9 Å². The van der Waals surface area contributed by atoms with Crippen molar-refractivity contribution in [2.75, 3.05) is 13.1 Å². The maximum Gasteiger partial charge on any atom is 0.100 e. The van der Waals surface area contributed by atoms with Crippen molar-refractivity contribution in [2.24, 2.45) is 0 Å². The number of rotatable bonds is 1. The number of halogens is 1. The lowest BCUT2D eigenvalue weighted by Gasteiger charge is -2.24. The van der Waals surface area contributed by atoms with Gasteiger partial charge in [0, 0.05) is 4.88 Å². The van der Waals surface area contributed by atoms with Gasteiger partial charge in [-0.15, -0.1) is 11.3 Å². The lowest BCUT2D eigenvalue weighted by molar-refractivity contribution is 0.0277. The fourth-order valence-electron chi connectivity index (χ4n) is 1.86. The van der Waals surface area contributed by atoms with Crippen molar-refractivity contribution in [1.82, 2.24) is 5.32 Å². The molecule has 1 saturated heterocycles. The molecule has 1 aliphatic heterocycles. The Balaban J connectivity index is 2.20. The van der Waals surface area contributed by atoms with Crippen LogP contribution in [0.15, 0.2) is 12.1 Å². The van der Waals surface area contributed by atoms with Crippen molar-refractivity contribution in [3.63, 3.8) is 0 Å². The van der Waals surface area contributed by atoms with Gasteiger partial charge in [-0.2, -0.15) is 0 Å². The molecule has 2 rings (SSSR count). The lowest BCUT2D eigenvalue weighted by Crippen LogP contribution is -2.25. The second-order valence-corrected chi connectivity index (χ2v) is 5.45. The molecule has 4 heteroatoms. The number of thiophene rings is 1. The van der Waals surface area contributed by atoms with Gasteiger partial charge in [0.1, 0.15) is 5.60 Å². The molecular formula is C10H14ClNOS. The smallest absolute Gasteiger partial charge is 0.100 e. The monoisotopic (exact) mass is 231 g/mol. The van der Waals surface area contributed by atoms with Crippen molar-refractivity contribution >= 4 is 22.9 Å². The van der Waals surface area contributed by atoms with E-state index < -0.39 is 5.60 Å². The summed E-state index contributed by atoms with van der Waals surface area (Å²) in [5.74, 6) is 0. The van der Waals surface area contributed by atoms with Gasteiger partial charge in [-0.1, -0.05) is 11.6 Å². The van der Waals surface area contributed by atoms with Crippen LogP contribution in [-0.2, 0) is 5.60 Å². The van der Waals surface area contributed by atoms with E-state index in [0.29, 0.717) is 0 Å². The molecule has 14 heavy (non-hydrogen) atoms. The Morgan fingerprint density at radius 1 is 1.36 bits per heavy atom. The summed E-state index contributed by atoms with van der Waals surface area (Å²) >= 11 is 7.36. The first kappa shape index (κ1) is 10.4. The molecule has 0 radical (unpaired) electrons. The fraction of sp³-hybridized carbons (Fsp3) is 0.600. The fourth-order valence-corrected chi connectivity index (χ4v) is 3.05. The molecule has 1 atom stereocenters. The predicted octanol–water partition coefficient (Wildman–Crippen LogP) is 2.36. The van der Waals surface area contributed by atoms with Crippen LogP contribution in [0.1, 0.15) is 24.1 Å². The standard InChI is InChI=1S/C10H14ClNOS/c11-9-3-2-8(14-9)10(13)4-1-6-12-7-5-10/h2-3,12-13H,1,4-7H2. The molecule has 0 aliphatic carbocycles. The van der Waals surface area contributed by atoms with Crippen molar-refractivity contribution < 1.29 is 5.11 Å². The second-order valence-electron chi connectivity index (χ2n) is 3.74. The van der Waals surface area contributed by atoms with Gasteiger partial charge in [0.2, 0.25) is 0 Å². The molecule has 0 amide bonds. The van der Waals surface area contributed by atoms with E-state index in [1.54, 1.807) is 0 Å². The van der Waals surface area contributed by atoms with Crippen molar-refractivity contribution in [2.45, 2.75) is 24.9 Å². The highest BCUT2D eigenvalue weighted by molar-refractivity contribution is 7.16. The first-order valence-corrected chi connectivity index (χ1v) is 6.09. The molecule has 1 aromatic rings. The molecule has 2 heterocycles. The summed E-state index contributed by atoms with van der Waals surface area (Å²) in [7, 11) is 0. The molecule has 0 bridgehead atoms. The van der Waals surface area contributed by atoms with E-state index in [1.165, 1.54) is 11.3 Å². The van der Waals surface area contributed by atoms with E-state index in [4.69, 9.17) is 11.6 Å². The first-order valence-electron chi connectivity index (χ1n) is 4.90. The maximum atomic E-state index is 10.4. The van der Waals surface area contributed by atoms with Crippen LogP contribution in [0.4, 0.5) is 0 Å². The third kappa shape index (κ3) is 2.11. The van der Waals surface area contributed by atoms with Crippen LogP contribution in [0.5, 0.6) is 0 Å². The van der Waals surface area contributed by atoms with Gasteiger partial charge < -0.3 is 10.4 Å². The van der Waals surface area contributed by atoms with Crippen molar-refractivity contribution in [3.8, 4) is 0 Å². The van der Waals surface area contributed by atoms with Gasteiger partial charge in [-0.3, -0.25) is 0 Å². The molecule has 0 spiro atoms. The summed E-state index contributed by atoms with van der Waals surface area (Å²) in [6.07, 6.45) is 2.63. The van der Waals surface area contributed by atoms with E-state index in [2.05, 4.69) is 5.32 Å². The number of hydrogen-bond acceptors (Lipinski definition) is 3. The van der Waals surface area contributed by atoms with E-state index in [1.807, 2.05) is 12.1 Å². The Kier molecular flexibility index (Phi) is 3.12. The molecule has 78 valence electrons. The minimum Gasteiger partial charge on any atom is -0.384 e. The summed E-state index contributed by atoms with van der Waals surface area (Å²) in [5, 5.41) is 13.7. The molecule has 1 aliphatic rings. The summed E-state index contributed by atoms with van der Waals surface area (Å²) < 4.78 is 0.755. The van der Waals surface area contributed by atoms with Gasteiger partial charge >= 0.3 is 0 Å². The predicted molar refractivity (Wildman–Crippen MR) is 59.9 cm³/mol. The largest absolute Gasteiger partial charge is 0.384 e. The van der Waals surface area contributed by atoms with Gasteiger partial charge in [-0.05, 0) is 44.5 Å². The summed E-state index contributed by atoms with van der Waals surface area (Å²) in [5.41, 5.74) is -0.651. The van der Waals surface area contributed by atoms with Crippen molar-refractivity contribution in [3.05, 3.63) is 21.3 Å². The van der Waals surface area contributed by atoms with Crippen LogP contribution < -0.4 is 5.32 Å². The zero-order valence-corrected chi connectivity index (χ0v) is 9.50. The van der Waals surface area contributed by atoms with Crippen molar-refractivity contribution in [1.29, 1.82) is 0 Å². The Morgan fingerprint density at radius 2 is 2.21 bits per heavy atom. The van der Waals surface area contributed by atoms with E-state index in [0.717, 1.165) is 41.6 Å². The molecular weight excluding hydrogens is 218 g/mol. The Bertz CT molecular complexity index is 305. The molecule has 1 aromatic heterocycles. The van der Waals surface area contributed by atoms with Gasteiger partial charge in [0.05, 0.1) is 4.34 Å². The Hall–Kier alpha value is -0.0900. The topological polar surface area (TPSA) is 32.3 Å². The average molecular weight is 232 g/mol. The highest BCUT2D eigenvalue weighted by atomic mass is 35.5. The highest BCUT2D eigenvalue weighted by Crippen LogP contribution is 2.37. The SMILES string of the molecule is OC1(c2ccc(Cl)s2)CCCNCC1. The molecule has 0 aromatic carbocycles. The van der Waals surface area contributed by atoms with E-state index in [-0.39, 0.29) is 0 Å². The lowest BCUT2D eigenvalue weighted by atomic mass is 9.93. The minimum absolute atomic E-state index is 0.651. The zero-order valence-electron chi connectivity index (χ0n) is 7.92. The van der Waals surface area contributed by atoms with Gasteiger partial charge in [0.25, 0.3) is 0 Å². The molecule has 0 saturated carbocycles. The number of nitrogens with one attached hydrogen (secondary N) is 1. The highest BCUT2D eigenvalue weighted by Gasteiger charge is 2.31. The van der Waals surface area contributed by atoms with Crippen LogP contribution in [0.2, 0.25) is 4.34 Å². The number of hydrogen-bond donors (Lipinski definition) is 2. The van der Waals surface area contributed by atoms with Gasteiger partial charge in [-0.25, -0.2) is 0 Å². The van der Waals surface area contributed by atoms with E-state index >= 15 is 0 Å². The Labute approximate surface area is 92.9 Å². The van der Waals surface area contributed by atoms with Crippen LogP contribution in [-0.4, -0.2) is 18.2 Å². The molecule has 1 unspecified atom stereocenters. The number of aliphatic hydroxyl groups is 1. The third-order valence-corrected chi connectivity index (χ3v) is 4.12. The van der Waals surface area contributed by atoms with Gasteiger partial charge in [0.15, 0.2) is 0 Å². The summed E-state index contributed by atoms with van der Waals surface area (Å²) in [6, 6.07) is 3.80. The zero-order chi connectivity index (χ0) is 10.0. The molecule has 1 fully saturated rings. The van der Waals surface area contributed by atoms with Crippen LogP contribution in [0, 0.1) is 0 Å². The normalized spacial score (nSPS) is 28.7. The van der Waals surface area contributed by atoms with E-state index in [9.17, 15) is 5.11 Å². The Morgan fingerprint density at radius 3 is 2.93 bits per heavy atom. The molecule has 2 N–H and O–H groups in total. The quantitative estimate of drug-likeness (QED) is 0.778. The minimum atomic E-state index is -0.651. The summed E-state index contributed by atoms with van der Waals surface area (Å²) in [6.45, 7) is 1.88. The second kappa shape index (κ2) is 4.19. The van der Waals surface area contributed by atoms with Crippen LogP contribution in [0.3, 0.4) is 0 Å². The molecule has 2 nitrogen and oxygen atoms in total. The average Bonchev–Trinajstić information content (AvgIpc) is 2.47. The summed E-state index contributed by atoms with van der Waals surface area (Å²) in [4.78, 5) is 1.01. The third-order valence-electron chi connectivity index (χ3n) is 2.69. The first-order chi connectivity index (χ1) is 6.71.